The van der Waals surface area contributed by atoms with Gasteiger partial charge in [0.05, 0.1) is 23.3 Å². The summed E-state index contributed by atoms with van der Waals surface area (Å²) in [5.74, 6) is 1.55. The molecule has 2 aromatic rings. The summed E-state index contributed by atoms with van der Waals surface area (Å²) in [6.07, 6.45) is 5.67. The maximum Gasteiger partial charge on any atom is 0.277 e. The van der Waals surface area contributed by atoms with Crippen molar-refractivity contribution in [1.82, 2.24) is 10.1 Å². The highest BCUT2D eigenvalue weighted by Gasteiger charge is 2.25. The molecule has 0 saturated carbocycles. The van der Waals surface area contributed by atoms with Gasteiger partial charge in [0.1, 0.15) is 11.5 Å². The van der Waals surface area contributed by atoms with Crippen LogP contribution in [-0.2, 0) is 4.84 Å². The van der Waals surface area contributed by atoms with E-state index in [1.807, 2.05) is 13.8 Å². The summed E-state index contributed by atoms with van der Waals surface area (Å²) in [6.45, 7) is 5.11. The molecule has 6 nitrogen and oxygen atoms in total. The van der Waals surface area contributed by atoms with Crippen molar-refractivity contribution in [1.29, 1.82) is 0 Å². The summed E-state index contributed by atoms with van der Waals surface area (Å²) in [5, 5.41) is 11.4. The predicted octanol–water partition coefficient (Wildman–Crippen LogP) is 5.10. The highest BCUT2D eigenvalue weighted by molar-refractivity contribution is 6.33. The maximum absolute atomic E-state index is 14.0. The molecule has 152 valence electrons. The van der Waals surface area contributed by atoms with Gasteiger partial charge < -0.3 is 0 Å². The van der Waals surface area contributed by atoms with Crippen LogP contribution in [0.2, 0.25) is 5.02 Å². The van der Waals surface area contributed by atoms with E-state index in [0.29, 0.717) is 24.2 Å². The standard InChI is InChI=1S/C21H22ClFN4O2/c1-6-16-18(22)13-17(21(28)26(4)29-5)19(14-10-9-11-15(23)12-14)20(16)24-25-27(7-2)8-3/h1,9-13H,7-8H2,2-5H3/b25-24+. The zero-order valence-electron chi connectivity index (χ0n) is 16.7. The molecule has 0 saturated heterocycles. The van der Waals surface area contributed by atoms with E-state index >= 15 is 0 Å². The third-order valence-corrected chi connectivity index (χ3v) is 4.60. The molecule has 8 heteroatoms. The van der Waals surface area contributed by atoms with Crippen molar-refractivity contribution < 1.29 is 14.0 Å². The van der Waals surface area contributed by atoms with Gasteiger partial charge in [-0.1, -0.05) is 34.9 Å². The number of amides is 1. The maximum atomic E-state index is 14.0. The Morgan fingerprint density at radius 1 is 1.31 bits per heavy atom. The van der Waals surface area contributed by atoms with Crippen molar-refractivity contribution in [3.63, 3.8) is 0 Å². The number of halogens is 2. The number of nitrogens with zero attached hydrogens (tertiary/aromatic N) is 4. The van der Waals surface area contributed by atoms with Crippen LogP contribution in [-0.4, -0.2) is 43.2 Å². The van der Waals surface area contributed by atoms with Gasteiger partial charge in [-0.15, -0.1) is 11.5 Å². The Morgan fingerprint density at radius 2 is 2.00 bits per heavy atom. The van der Waals surface area contributed by atoms with Crippen LogP contribution >= 0.6 is 11.6 Å². The lowest BCUT2D eigenvalue weighted by atomic mass is 9.94. The number of carbonyl (C=O) groups is 1. The van der Waals surface area contributed by atoms with E-state index in [-0.39, 0.29) is 21.8 Å². The first kappa shape index (κ1) is 22.3. The van der Waals surface area contributed by atoms with E-state index < -0.39 is 11.7 Å². The van der Waals surface area contributed by atoms with Crippen molar-refractivity contribution in [2.75, 3.05) is 27.2 Å². The van der Waals surface area contributed by atoms with E-state index in [2.05, 4.69) is 16.3 Å². The summed E-state index contributed by atoms with van der Waals surface area (Å²) in [6, 6.07) is 7.23. The van der Waals surface area contributed by atoms with E-state index in [9.17, 15) is 9.18 Å². The Labute approximate surface area is 174 Å². The van der Waals surface area contributed by atoms with Gasteiger partial charge in [-0.3, -0.25) is 14.6 Å². The number of terminal acetylenes is 1. The molecule has 0 aliphatic carbocycles. The van der Waals surface area contributed by atoms with Crippen LogP contribution in [0, 0.1) is 18.2 Å². The third-order valence-electron chi connectivity index (χ3n) is 4.30. The number of hydroxylamine groups is 2. The van der Waals surface area contributed by atoms with Gasteiger partial charge in [0.25, 0.3) is 5.91 Å². The lowest BCUT2D eigenvalue weighted by molar-refractivity contribution is -0.0756. The van der Waals surface area contributed by atoms with E-state index in [1.165, 1.54) is 38.4 Å². The fraction of sp³-hybridized carbons (Fsp3) is 0.286. The Kier molecular flexibility index (Phi) is 7.71. The third kappa shape index (κ3) is 4.91. The van der Waals surface area contributed by atoms with Crippen LogP contribution in [0.1, 0.15) is 29.8 Å². The molecule has 0 spiro atoms. The quantitative estimate of drug-likeness (QED) is 0.358. The highest BCUT2D eigenvalue weighted by atomic mass is 35.5. The molecule has 2 rings (SSSR count). The van der Waals surface area contributed by atoms with Crippen LogP contribution < -0.4 is 0 Å². The first-order valence-corrected chi connectivity index (χ1v) is 9.33. The number of hydrogen-bond donors (Lipinski definition) is 0. The summed E-state index contributed by atoms with van der Waals surface area (Å²) in [5.41, 5.74) is 1.38. The first-order valence-electron chi connectivity index (χ1n) is 8.95. The van der Waals surface area contributed by atoms with Crippen LogP contribution in [0.15, 0.2) is 40.7 Å². The van der Waals surface area contributed by atoms with Crippen LogP contribution in [0.3, 0.4) is 0 Å². The molecule has 0 fully saturated rings. The van der Waals surface area contributed by atoms with Gasteiger partial charge >= 0.3 is 0 Å². The van der Waals surface area contributed by atoms with Crippen molar-refractivity contribution in [3.8, 4) is 23.5 Å². The summed E-state index contributed by atoms with van der Waals surface area (Å²) < 4.78 is 14.0. The van der Waals surface area contributed by atoms with E-state index in [1.54, 1.807) is 11.1 Å². The zero-order valence-corrected chi connectivity index (χ0v) is 17.5. The topological polar surface area (TPSA) is 57.5 Å². The minimum atomic E-state index is -0.489. The SMILES string of the molecule is C#Cc1c(Cl)cc(C(=O)N(C)OC)c(-c2cccc(F)c2)c1/N=N/N(CC)CC. The number of rotatable bonds is 7. The Morgan fingerprint density at radius 3 is 2.55 bits per heavy atom. The molecular formula is C21H22ClFN4O2. The van der Waals surface area contributed by atoms with Gasteiger partial charge in [-0.05, 0) is 37.6 Å². The number of carbonyl (C=O) groups excluding carboxylic acids is 1. The predicted molar refractivity (Wildman–Crippen MR) is 111 cm³/mol. The van der Waals surface area contributed by atoms with Crippen molar-refractivity contribution in [2.24, 2.45) is 10.3 Å². The summed E-state index contributed by atoms with van der Waals surface area (Å²) in [7, 11) is 2.82. The average molecular weight is 417 g/mol. The van der Waals surface area contributed by atoms with Gasteiger partial charge in [-0.2, -0.15) is 0 Å². The Hall–Kier alpha value is -2.95. The summed E-state index contributed by atoms with van der Waals surface area (Å²) in [4.78, 5) is 17.9. The number of benzene rings is 2. The molecule has 0 heterocycles. The van der Waals surface area contributed by atoms with Crippen molar-refractivity contribution in [3.05, 3.63) is 52.3 Å². The Balaban J connectivity index is 2.89. The van der Waals surface area contributed by atoms with Gasteiger partial charge in [0, 0.05) is 25.7 Å². The highest BCUT2D eigenvalue weighted by Crippen LogP contribution is 2.41. The van der Waals surface area contributed by atoms with Gasteiger partial charge in [0.15, 0.2) is 0 Å². The lowest BCUT2D eigenvalue weighted by Gasteiger charge is -2.19. The first-order chi connectivity index (χ1) is 13.9. The van der Waals surface area contributed by atoms with Crippen LogP contribution in [0.25, 0.3) is 11.1 Å². The molecule has 0 radical (unpaired) electrons. The summed E-state index contributed by atoms with van der Waals surface area (Å²) >= 11 is 6.36. The minimum Gasteiger partial charge on any atom is -0.279 e. The molecule has 0 aliphatic heterocycles. The van der Waals surface area contributed by atoms with Crippen molar-refractivity contribution >= 4 is 23.2 Å². The monoisotopic (exact) mass is 416 g/mol. The fourth-order valence-corrected chi connectivity index (χ4v) is 2.94. The second-order valence-corrected chi connectivity index (χ2v) is 6.38. The molecule has 0 aromatic heterocycles. The molecule has 0 N–H and O–H groups in total. The van der Waals surface area contributed by atoms with E-state index in [0.717, 1.165) is 5.06 Å². The molecule has 0 unspecified atom stereocenters. The largest absolute Gasteiger partial charge is 0.279 e. The minimum absolute atomic E-state index is 0.161. The lowest BCUT2D eigenvalue weighted by Crippen LogP contribution is -2.26. The molecule has 2 aromatic carbocycles. The number of hydrogen-bond acceptors (Lipinski definition) is 4. The van der Waals surface area contributed by atoms with E-state index in [4.69, 9.17) is 22.9 Å². The second-order valence-electron chi connectivity index (χ2n) is 5.97. The molecule has 0 aliphatic rings. The molecule has 0 atom stereocenters. The zero-order chi connectivity index (χ0) is 21.6. The van der Waals surface area contributed by atoms with Gasteiger partial charge in [0.2, 0.25) is 0 Å². The second kappa shape index (κ2) is 10.0. The molecule has 0 bridgehead atoms. The molecular weight excluding hydrogens is 395 g/mol. The van der Waals surface area contributed by atoms with Crippen LogP contribution in [0.5, 0.6) is 0 Å². The fourth-order valence-electron chi connectivity index (χ4n) is 2.69. The smallest absolute Gasteiger partial charge is 0.277 e. The molecule has 29 heavy (non-hydrogen) atoms. The van der Waals surface area contributed by atoms with Crippen molar-refractivity contribution in [2.45, 2.75) is 13.8 Å². The normalized spacial score (nSPS) is 10.8. The van der Waals surface area contributed by atoms with Crippen LogP contribution in [0.4, 0.5) is 10.1 Å². The average Bonchev–Trinajstić information content (AvgIpc) is 2.72. The molecule has 1 amide bonds. The Bertz CT molecular complexity index is 968. The van der Waals surface area contributed by atoms with Gasteiger partial charge in [-0.25, -0.2) is 9.45 Å².